The number of sulfonamides is 1. The molecule has 1 aromatic carbocycles. The highest BCUT2D eigenvalue weighted by Crippen LogP contribution is 2.22. The van der Waals surface area contributed by atoms with E-state index in [1.807, 2.05) is 4.90 Å². The number of anilines is 1. The van der Waals surface area contributed by atoms with Crippen molar-refractivity contribution in [3.05, 3.63) is 30.1 Å². The monoisotopic (exact) mass is 388 g/mol. The van der Waals surface area contributed by atoms with Gasteiger partial charge in [-0.25, -0.2) is 22.7 Å². The molecule has 10 heteroatoms. The van der Waals surface area contributed by atoms with E-state index in [4.69, 9.17) is 9.88 Å². The van der Waals surface area contributed by atoms with Crippen molar-refractivity contribution in [2.24, 2.45) is 5.14 Å². The first-order valence-corrected chi connectivity index (χ1v) is 10.2. The summed E-state index contributed by atoms with van der Waals surface area (Å²) < 4.78 is 40.5. The highest BCUT2D eigenvalue weighted by molar-refractivity contribution is 7.89. The number of carbonyl (C=O) groups is 1. The molecule has 0 aliphatic carbocycles. The third-order valence-corrected chi connectivity index (χ3v) is 4.73. The molecule has 0 radical (unpaired) electrons. The molecule has 1 aliphatic rings. The van der Waals surface area contributed by atoms with Gasteiger partial charge in [0.15, 0.2) is 0 Å². The Morgan fingerprint density at radius 2 is 2.12 bits per heavy atom. The molecule has 2 amide bonds. The maximum Gasteiger partial charge on any atom is 0.315 e. The number of nitrogens with one attached hydrogen (secondary N) is 2. The first-order valence-electron chi connectivity index (χ1n) is 8.47. The maximum absolute atomic E-state index is 13.9. The van der Waals surface area contributed by atoms with Gasteiger partial charge < -0.3 is 20.3 Å². The van der Waals surface area contributed by atoms with Crippen molar-refractivity contribution in [2.45, 2.75) is 18.9 Å². The van der Waals surface area contributed by atoms with Gasteiger partial charge >= 0.3 is 6.03 Å². The predicted octanol–water partition coefficient (Wildman–Crippen LogP) is 0.399. The zero-order valence-corrected chi connectivity index (χ0v) is 15.3. The molecular formula is C16H25FN4O4S. The SMILES string of the molecule is NS(=O)(=O)CCOCCNC(=O)N[C@@H]1CCCN(c2ccccc2F)C1. The van der Waals surface area contributed by atoms with Crippen molar-refractivity contribution < 1.29 is 22.3 Å². The van der Waals surface area contributed by atoms with Gasteiger partial charge in [-0.3, -0.25) is 0 Å². The van der Waals surface area contributed by atoms with Crippen LogP contribution in [-0.4, -0.2) is 59.1 Å². The van der Waals surface area contributed by atoms with Crippen LogP contribution in [0.2, 0.25) is 0 Å². The Balaban J connectivity index is 1.68. The van der Waals surface area contributed by atoms with Gasteiger partial charge in [-0.05, 0) is 25.0 Å². The quantitative estimate of drug-likeness (QED) is 0.558. The van der Waals surface area contributed by atoms with Crippen LogP contribution in [0.4, 0.5) is 14.9 Å². The smallest absolute Gasteiger partial charge is 0.315 e. The van der Waals surface area contributed by atoms with Crippen LogP contribution in [-0.2, 0) is 14.8 Å². The molecule has 1 aliphatic heterocycles. The van der Waals surface area contributed by atoms with Gasteiger partial charge in [0.2, 0.25) is 10.0 Å². The van der Waals surface area contributed by atoms with Crippen LogP contribution in [0.15, 0.2) is 24.3 Å². The molecule has 0 aromatic heterocycles. The van der Waals surface area contributed by atoms with E-state index in [1.54, 1.807) is 18.2 Å². The molecule has 1 fully saturated rings. The minimum Gasteiger partial charge on any atom is -0.379 e. The fourth-order valence-electron chi connectivity index (χ4n) is 2.77. The van der Waals surface area contributed by atoms with Gasteiger partial charge in [0.1, 0.15) is 5.82 Å². The number of hydrogen-bond acceptors (Lipinski definition) is 5. The van der Waals surface area contributed by atoms with Crippen LogP contribution in [0.1, 0.15) is 12.8 Å². The van der Waals surface area contributed by atoms with Crippen molar-refractivity contribution in [2.75, 3.05) is 43.5 Å². The maximum atomic E-state index is 13.9. The summed E-state index contributed by atoms with van der Waals surface area (Å²) in [5.74, 6) is -0.526. The third-order valence-electron chi connectivity index (χ3n) is 3.99. The minimum absolute atomic E-state index is 0.0116. The molecule has 4 N–H and O–H groups in total. The number of rotatable bonds is 8. The average molecular weight is 388 g/mol. The number of nitrogens with zero attached hydrogens (tertiary/aromatic N) is 1. The number of ether oxygens (including phenoxy) is 1. The molecule has 0 unspecified atom stereocenters. The standard InChI is InChI=1S/C16H25FN4O4S/c17-14-5-1-2-6-15(14)21-8-3-4-13(12-21)20-16(22)19-7-9-25-10-11-26(18,23)24/h1-2,5-6,13H,3-4,7-12H2,(H2,18,23,24)(H2,19,20,22)/t13-/m1/s1. The first-order chi connectivity index (χ1) is 12.3. The molecule has 8 nitrogen and oxygen atoms in total. The van der Waals surface area contributed by atoms with Gasteiger partial charge in [-0.2, -0.15) is 0 Å². The fraction of sp³-hybridized carbons (Fsp3) is 0.562. The van der Waals surface area contributed by atoms with E-state index in [1.165, 1.54) is 6.07 Å². The number of carbonyl (C=O) groups excluding carboxylic acids is 1. The summed E-state index contributed by atoms with van der Waals surface area (Å²) in [4.78, 5) is 13.9. The van der Waals surface area contributed by atoms with Gasteiger partial charge in [0.25, 0.3) is 0 Å². The number of benzene rings is 1. The molecule has 146 valence electrons. The number of nitrogens with two attached hydrogens (primary N) is 1. The largest absolute Gasteiger partial charge is 0.379 e. The molecule has 2 rings (SSSR count). The van der Waals surface area contributed by atoms with Crippen LogP contribution in [0.3, 0.4) is 0 Å². The Morgan fingerprint density at radius 3 is 2.85 bits per heavy atom. The number of hydrogen-bond donors (Lipinski definition) is 3. The van der Waals surface area contributed by atoms with Crippen molar-refractivity contribution in [3.63, 3.8) is 0 Å². The highest BCUT2D eigenvalue weighted by Gasteiger charge is 2.23. The van der Waals surface area contributed by atoms with Crippen LogP contribution < -0.4 is 20.7 Å². The predicted molar refractivity (Wildman–Crippen MR) is 97.0 cm³/mol. The number of amides is 2. The van der Waals surface area contributed by atoms with Gasteiger partial charge in [-0.1, -0.05) is 12.1 Å². The van der Waals surface area contributed by atoms with Gasteiger partial charge in [-0.15, -0.1) is 0 Å². The minimum atomic E-state index is -3.53. The van der Waals surface area contributed by atoms with Crippen molar-refractivity contribution in [1.29, 1.82) is 0 Å². The number of para-hydroxylation sites is 1. The molecule has 1 saturated heterocycles. The Morgan fingerprint density at radius 1 is 1.35 bits per heavy atom. The Kier molecular flexibility index (Phi) is 7.61. The summed E-state index contributed by atoms with van der Waals surface area (Å²) in [6.45, 7) is 1.72. The Labute approximate surface area is 152 Å². The second kappa shape index (κ2) is 9.70. The van der Waals surface area contributed by atoms with E-state index in [0.717, 1.165) is 19.4 Å². The lowest BCUT2D eigenvalue weighted by molar-refractivity contribution is 0.150. The van der Waals surface area contributed by atoms with Crippen molar-refractivity contribution >= 4 is 21.7 Å². The van der Waals surface area contributed by atoms with Crippen molar-refractivity contribution in [3.8, 4) is 0 Å². The van der Waals surface area contributed by atoms with Crippen LogP contribution in [0, 0.1) is 5.82 Å². The second-order valence-electron chi connectivity index (χ2n) is 6.12. The number of primary sulfonamides is 1. The van der Waals surface area contributed by atoms with Gasteiger partial charge in [0.05, 0.1) is 24.7 Å². The fourth-order valence-corrected chi connectivity index (χ4v) is 3.12. The van der Waals surface area contributed by atoms with Crippen LogP contribution >= 0.6 is 0 Å². The summed E-state index contributed by atoms with van der Waals surface area (Å²) in [5, 5.41) is 10.4. The third kappa shape index (κ3) is 7.14. The summed E-state index contributed by atoms with van der Waals surface area (Å²) in [6, 6.07) is 6.19. The average Bonchev–Trinajstić information content (AvgIpc) is 2.57. The number of piperidine rings is 1. The van der Waals surface area contributed by atoms with E-state index in [9.17, 15) is 17.6 Å². The molecule has 0 bridgehead atoms. The molecule has 0 saturated carbocycles. The van der Waals surface area contributed by atoms with Crippen LogP contribution in [0.25, 0.3) is 0 Å². The normalized spacial score (nSPS) is 17.8. The lowest BCUT2D eigenvalue weighted by Gasteiger charge is -2.34. The summed E-state index contributed by atoms with van der Waals surface area (Å²) >= 11 is 0. The molecular weight excluding hydrogens is 363 g/mol. The molecule has 0 spiro atoms. The lowest BCUT2D eigenvalue weighted by atomic mass is 10.0. The lowest BCUT2D eigenvalue weighted by Crippen LogP contribution is -2.51. The summed E-state index contributed by atoms with van der Waals surface area (Å²) in [5.41, 5.74) is 0.544. The first kappa shape index (κ1) is 20.4. The van der Waals surface area contributed by atoms with E-state index in [0.29, 0.717) is 12.2 Å². The van der Waals surface area contributed by atoms with Crippen LogP contribution in [0.5, 0.6) is 0 Å². The van der Waals surface area contributed by atoms with E-state index in [2.05, 4.69) is 10.6 Å². The Bertz CT molecular complexity index is 701. The highest BCUT2D eigenvalue weighted by atomic mass is 32.2. The zero-order chi connectivity index (χ0) is 19.0. The molecule has 1 atom stereocenters. The summed E-state index contributed by atoms with van der Waals surface area (Å²) in [6.07, 6.45) is 1.68. The molecule has 1 aromatic rings. The van der Waals surface area contributed by atoms with E-state index < -0.39 is 10.0 Å². The van der Waals surface area contributed by atoms with E-state index >= 15 is 0 Å². The zero-order valence-electron chi connectivity index (χ0n) is 14.5. The molecule has 26 heavy (non-hydrogen) atoms. The number of urea groups is 1. The second-order valence-corrected chi connectivity index (χ2v) is 7.85. The molecule has 1 heterocycles. The van der Waals surface area contributed by atoms with E-state index in [-0.39, 0.29) is 43.4 Å². The summed E-state index contributed by atoms with van der Waals surface area (Å²) in [7, 11) is -3.53. The topological polar surface area (TPSA) is 114 Å². The van der Waals surface area contributed by atoms with Crippen molar-refractivity contribution in [1.82, 2.24) is 10.6 Å². The Hall–Kier alpha value is -1.91. The van der Waals surface area contributed by atoms with Gasteiger partial charge in [0, 0.05) is 25.7 Å². The number of halogens is 1.